The van der Waals surface area contributed by atoms with Gasteiger partial charge in [-0.2, -0.15) is 0 Å². The second kappa shape index (κ2) is 7.58. The molecule has 1 aliphatic heterocycles. The zero-order valence-corrected chi connectivity index (χ0v) is 13.5. The summed E-state index contributed by atoms with van der Waals surface area (Å²) in [5.41, 5.74) is 5.94. The van der Waals surface area contributed by atoms with Gasteiger partial charge < -0.3 is 26.2 Å². The van der Waals surface area contributed by atoms with Crippen LogP contribution in [0.2, 0.25) is 0 Å². The molecule has 21 heavy (non-hydrogen) atoms. The van der Waals surface area contributed by atoms with E-state index in [9.17, 15) is 4.79 Å². The van der Waals surface area contributed by atoms with Crippen molar-refractivity contribution in [1.29, 1.82) is 0 Å². The molecule has 2 rings (SSSR count). The van der Waals surface area contributed by atoms with Crippen LogP contribution in [0, 0.1) is 0 Å². The zero-order chi connectivity index (χ0) is 15.2. The monoisotopic (exact) mass is 312 g/mol. The summed E-state index contributed by atoms with van der Waals surface area (Å²) < 4.78 is 0. The fraction of sp³-hybridized carbons (Fsp3) is 0.692. The summed E-state index contributed by atoms with van der Waals surface area (Å²) in [6, 6.07) is 0. The molecule has 4 N–H and O–H groups in total. The summed E-state index contributed by atoms with van der Waals surface area (Å²) >= 11 is 1.40. The van der Waals surface area contributed by atoms with E-state index in [2.05, 4.69) is 20.5 Å². The number of hydrogen-bond acceptors (Lipinski definition) is 7. The van der Waals surface area contributed by atoms with E-state index >= 15 is 0 Å². The first-order valence-electron chi connectivity index (χ1n) is 7.25. The predicted molar refractivity (Wildman–Crippen MR) is 87.1 cm³/mol. The maximum absolute atomic E-state index is 12.4. The smallest absolute Gasteiger partial charge is 0.267 e. The minimum Gasteiger partial charge on any atom is -0.382 e. The normalized spacial score (nSPS) is 15.2. The summed E-state index contributed by atoms with van der Waals surface area (Å²) in [6.07, 6.45) is 0.919. The number of amides is 1. The SMILES string of the molecule is CNCCCN(C)C(=O)c1sc(N2CCNCC2)nc1N. The zero-order valence-electron chi connectivity index (χ0n) is 12.7. The summed E-state index contributed by atoms with van der Waals surface area (Å²) in [6.45, 7) is 5.28. The topological polar surface area (TPSA) is 86.5 Å². The van der Waals surface area contributed by atoms with Gasteiger partial charge in [0.1, 0.15) is 10.7 Å². The van der Waals surface area contributed by atoms with Gasteiger partial charge in [-0.1, -0.05) is 11.3 Å². The number of carbonyl (C=O) groups is 1. The van der Waals surface area contributed by atoms with Crippen LogP contribution < -0.4 is 21.3 Å². The Hall–Kier alpha value is -1.38. The molecule has 0 aromatic carbocycles. The van der Waals surface area contributed by atoms with E-state index in [4.69, 9.17) is 5.73 Å². The summed E-state index contributed by atoms with van der Waals surface area (Å²) in [4.78, 5) is 21.2. The lowest BCUT2D eigenvalue weighted by Gasteiger charge is -2.26. The van der Waals surface area contributed by atoms with E-state index in [0.29, 0.717) is 17.2 Å². The highest BCUT2D eigenvalue weighted by atomic mass is 32.1. The second-order valence-corrected chi connectivity index (χ2v) is 6.11. The number of aromatic nitrogens is 1. The highest BCUT2D eigenvalue weighted by Crippen LogP contribution is 2.29. The van der Waals surface area contributed by atoms with Gasteiger partial charge in [0.05, 0.1) is 0 Å². The maximum Gasteiger partial charge on any atom is 0.267 e. The van der Waals surface area contributed by atoms with E-state index in [1.807, 2.05) is 14.1 Å². The van der Waals surface area contributed by atoms with Crippen LogP contribution in [-0.4, -0.2) is 69.2 Å². The van der Waals surface area contributed by atoms with Crippen LogP contribution in [0.1, 0.15) is 16.1 Å². The Bertz CT molecular complexity index is 471. The lowest BCUT2D eigenvalue weighted by Crippen LogP contribution is -2.43. The van der Waals surface area contributed by atoms with Gasteiger partial charge in [-0.25, -0.2) is 4.98 Å². The Kier molecular flexibility index (Phi) is 5.77. The fourth-order valence-corrected chi connectivity index (χ4v) is 3.26. The molecule has 0 bridgehead atoms. The molecule has 0 spiro atoms. The number of anilines is 2. The van der Waals surface area contributed by atoms with Crippen LogP contribution in [0.25, 0.3) is 0 Å². The van der Waals surface area contributed by atoms with Crippen molar-refractivity contribution in [2.45, 2.75) is 6.42 Å². The molecule has 1 amide bonds. The number of nitrogens with zero attached hydrogens (tertiary/aromatic N) is 3. The van der Waals surface area contributed by atoms with E-state index < -0.39 is 0 Å². The number of nitrogens with two attached hydrogens (primary N) is 1. The first-order chi connectivity index (χ1) is 10.1. The number of nitrogen functional groups attached to an aromatic ring is 1. The van der Waals surface area contributed by atoms with Crippen LogP contribution in [0.15, 0.2) is 0 Å². The van der Waals surface area contributed by atoms with Crippen molar-refractivity contribution in [1.82, 2.24) is 20.5 Å². The van der Waals surface area contributed by atoms with Crippen molar-refractivity contribution >= 4 is 28.2 Å². The molecule has 7 nitrogen and oxygen atoms in total. The number of carbonyl (C=O) groups excluding carboxylic acids is 1. The predicted octanol–water partition coefficient (Wildman–Crippen LogP) is -0.184. The summed E-state index contributed by atoms with van der Waals surface area (Å²) in [5.74, 6) is 0.307. The number of piperazine rings is 1. The molecule has 118 valence electrons. The standard InChI is InChI=1S/C13H24N6OS/c1-15-4-3-7-18(2)12(20)10-11(14)17-13(21-10)19-8-5-16-6-9-19/h15-16H,3-9,14H2,1-2H3. The number of nitrogens with one attached hydrogen (secondary N) is 2. The number of thiazole rings is 1. The van der Waals surface area contributed by atoms with Crippen molar-refractivity contribution in [3.8, 4) is 0 Å². The highest BCUT2D eigenvalue weighted by molar-refractivity contribution is 7.18. The fourth-order valence-electron chi connectivity index (χ4n) is 2.23. The molecule has 2 heterocycles. The lowest BCUT2D eigenvalue weighted by atomic mass is 10.3. The number of rotatable bonds is 6. The Balaban J connectivity index is 2.01. The molecule has 1 aromatic heterocycles. The first kappa shape index (κ1) is 16.0. The van der Waals surface area contributed by atoms with Gasteiger partial charge >= 0.3 is 0 Å². The van der Waals surface area contributed by atoms with Gasteiger partial charge in [0.25, 0.3) is 5.91 Å². The molecular formula is C13H24N6OS. The molecular weight excluding hydrogens is 288 g/mol. The van der Waals surface area contributed by atoms with Crippen LogP contribution in [0.4, 0.5) is 10.9 Å². The summed E-state index contributed by atoms with van der Waals surface area (Å²) in [7, 11) is 3.71. The largest absolute Gasteiger partial charge is 0.382 e. The van der Waals surface area contributed by atoms with Gasteiger partial charge in [0.15, 0.2) is 5.13 Å². The lowest BCUT2D eigenvalue weighted by molar-refractivity contribution is 0.0799. The van der Waals surface area contributed by atoms with Crippen LogP contribution in [0.5, 0.6) is 0 Å². The molecule has 0 atom stereocenters. The molecule has 1 aliphatic rings. The van der Waals surface area contributed by atoms with E-state index in [1.54, 1.807) is 4.90 Å². The van der Waals surface area contributed by atoms with E-state index in [-0.39, 0.29) is 5.91 Å². The molecule has 8 heteroatoms. The van der Waals surface area contributed by atoms with Crippen molar-refractivity contribution in [3.63, 3.8) is 0 Å². The summed E-state index contributed by atoms with van der Waals surface area (Å²) in [5, 5.41) is 7.22. The maximum atomic E-state index is 12.4. The van der Waals surface area contributed by atoms with Gasteiger partial charge in [-0.15, -0.1) is 0 Å². The van der Waals surface area contributed by atoms with Crippen molar-refractivity contribution in [2.75, 3.05) is 64.0 Å². The van der Waals surface area contributed by atoms with Gasteiger partial charge in [0, 0.05) is 39.8 Å². The number of hydrogen-bond donors (Lipinski definition) is 3. The Morgan fingerprint density at radius 1 is 1.52 bits per heavy atom. The molecule has 0 saturated carbocycles. The van der Waals surface area contributed by atoms with Gasteiger partial charge in [0.2, 0.25) is 0 Å². The molecule has 1 fully saturated rings. The molecule has 1 saturated heterocycles. The Morgan fingerprint density at radius 2 is 2.24 bits per heavy atom. The average Bonchev–Trinajstić information content (AvgIpc) is 2.89. The van der Waals surface area contributed by atoms with Crippen molar-refractivity contribution < 1.29 is 4.79 Å². The molecule has 0 radical (unpaired) electrons. The molecule has 0 unspecified atom stereocenters. The van der Waals surface area contributed by atoms with Crippen LogP contribution in [0.3, 0.4) is 0 Å². The van der Waals surface area contributed by atoms with Crippen molar-refractivity contribution in [2.24, 2.45) is 0 Å². The third-order valence-electron chi connectivity index (χ3n) is 3.49. The quantitative estimate of drug-likeness (QED) is 0.632. The van der Waals surface area contributed by atoms with Crippen LogP contribution in [-0.2, 0) is 0 Å². The van der Waals surface area contributed by atoms with Gasteiger partial charge in [-0.05, 0) is 20.0 Å². The minimum absolute atomic E-state index is 0.0394. The third-order valence-corrected chi connectivity index (χ3v) is 4.61. The Morgan fingerprint density at radius 3 is 2.90 bits per heavy atom. The van der Waals surface area contributed by atoms with Crippen molar-refractivity contribution in [3.05, 3.63) is 4.88 Å². The van der Waals surface area contributed by atoms with E-state index in [0.717, 1.165) is 44.3 Å². The molecule has 1 aromatic rings. The average molecular weight is 312 g/mol. The van der Waals surface area contributed by atoms with Crippen LogP contribution >= 0.6 is 11.3 Å². The van der Waals surface area contributed by atoms with Gasteiger partial charge in [-0.3, -0.25) is 4.79 Å². The van der Waals surface area contributed by atoms with E-state index in [1.165, 1.54) is 11.3 Å². The third kappa shape index (κ3) is 4.05. The Labute approximate surface area is 129 Å². The minimum atomic E-state index is -0.0394. The first-order valence-corrected chi connectivity index (χ1v) is 8.07. The second-order valence-electron chi connectivity index (χ2n) is 5.13. The highest BCUT2D eigenvalue weighted by Gasteiger charge is 2.22. The molecule has 0 aliphatic carbocycles.